The number of benzene rings is 2. The van der Waals surface area contributed by atoms with Crippen molar-refractivity contribution in [3.8, 4) is 11.5 Å². The molecule has 2 aromatic carbocycles. The fourth-order valence-electron chi connectivity index (χ4n) is 3.13. The Morgan fingerprint density at radius 2 is 1.60 bits per heavy atom. The zero-order valence-electron chi connectivity index (χ0n) is 14.7. The minimum Gasteiger partial charge on any atom is -0.497 e. The van der Waals surface area contributed by atoms with Crippen molar-refractivity contribution in [3.63, 3.8) is 0 Å². The highest BCUT2D eigenvalue weighted by Gasteiger charge is 2.21. The highest BCUT2D eigenvalue weighted by atomic mass is 16.5. The first-order valence-electron chi connectivity index (χ1n) is 8.53. The van der Waals surface area contributed by atoms with E-state index in [0.29, 0.717) is 17.1 Å². The topological polar surface area (TPSA) is 50.8 Å². The van der Waals surface area contributed by atoms with Gasteiger partial charge in [-0.1, -0.05) is 18.2 Å². The lowest BCUT2D eigenvalue weighted by Gasteiger charge is -2.34. The number of para-hydroxylation sites is 1. The first-order chi connectivity index (χ1) is 12.2. The summed E-state index contributed by atoms with van der Waals surface area (Å²) < 4.78 is 10.5. The monoisotopic (exact) mass is 340 g/mol. The van der Waals surface area contributed by atoms with Crippen molar-refractivity contribution in [2.24, 2.45) is 0 Å². The lowest BCUT2D eigenvalue weighted by molar-refractivity contribution is 0.0930. The van der Waals surface area contributed by atoms with Crippen molar-refractivity contribution in [1.82, 2.24) is 5.32 Å². The van der Waals surface area contributed by atoms with Gasteiger partial charge in [0, 0.05) is 36.4 Å². The molecule has 1 saturated heterocycles. The van der Waals surface area contributed by atoms with Crippen LogP contribution >= 0.6 is 0 Å². The lowest BCUT2D eigenvalue weighted by Crippen LogP contribution is -2.44. The van der Waals surface area contributed by atoms with Gasteiger partial charge < -0.3 is 19.7 Å². The number of hydrogen-bond donors (Lipinski definition) is 1. The summed E-state index contributed by atoms with van der Waals surface area (Å²) in [5.41, 5.74) is 1.80. The summed E-state index contributed by atoms with van der Waals surface area (Å²) in [6.07, 6.45) is 1.86. The molecule has 0 spiro atoms. The maximum absolute atomic E-state index is 12.6. The molecule has 5 nitrogen and oxygen atoms in total. The van der Waals surface area contributed by atoms with E-state index in [1.165, 1.54) is 5.69 Å². The minimum absolute atomic E-state index is 0.0876. The SMILES string of the molecule is COc1cc(OC)cc(C(=O)NC2CCN(c3ccccc3)CC2)c1. The predicted octanol–water partition coefficient (Wildman–Crippen LogP) is 3.10. The molecule has 1 heterocycles. The molecule has 0 bridgehead atoms. The van der Waals surface area contributed by atoms with Crippen LogP contribution in [0.15, 0.2) is 48.5 Å². The van der Waals surface area contributed by atoms with Crippen LogP contribution < -0.4 is 19.7 Å². The lowest BCUT2D eigenvalue weighted by atomic mass is 10.0. The number of anilines is 1. The van der Waals surface area contributed by atoms with E-state index in [0.717, 1.165) is 25.9 Å². The summed E-state index contributed by atoms with van der Waals surface area (Å²) >= 11 is 0. The quantitative estimate of drug-likeness (QED) is 0.909. The highest BCUT2D eigenvalue weighted by Crippen LogP contribution is 2.23. The van der Waals surface area contributed by atoms with E-state index in [1.807, 2.05) is 6.07 Å². The molecule has 0 aromatic heterocycles. The molecular formula is C20H24N2O3. The van der Waals surface area contributed by atoms with Gasteiger partial charge in [0.25, 0.3) is 5.91 Å². The zero-order chi connectivity index (χ0) is 17.6. The largest absolute Gasteiger partial charge is 0.497 e. The van der Waals surface area contributed by atoms with Gasteiger partial charge in [0.1, 0.15) is 11.5 Å². The van der Waals surface area contributed by atoms with E-state index in [2.05, 4.69) is 34.5 Å². The molecule has 1 aliphatic rings. The standard InChI is InChI=1S/C20H24N2O3/c1-24-18-12-15(13-19(14-18)25-2)20(23)21-16-8-10-22(11-9-16)17-6-4-3-5-7-17/h3-7,12-14,16H,8-11H2,1-2H3,(H,21,23). The van der Waals surface area contributed by atoms with Gasteiger partial charge in [-0.2, -0.15) is 0 Å². The predicted molar refractivity (Wildman–Crippen MR) is 98.7 cm³/mol. The molecule has 0 saturated carbocycles. The van der Waals surface area contributed by atoms with E-state index in [1.54, 1.807) is 32.4 Å². The molecule has 0 unspecified atom stereocenters. The first kappa shape index (κ1) is 17.1. The van der Waals surface area contributed by atoms with Crippen LogP contribution in [0.3, 0.4) is 0 Å². The Morgan fingerprint density at radius 3 is 2.16 bits per heavy atom. The Kier molecular flexibility index (Phi) is 5.43. The van der Waals surface area contributed by atoms with Crippen molar-refractivity contribution in [1.29, 1.82) is 0 Å². The second-order valence-corrected chi connectivity index (χ2v) is 6.17. The Balaban J connectivity index is 1.59. The van der Waals surface area contributed by atoms with E-state index >= 15 is 0 Å². The Morgan fingerprint density at radius 1 is 1.00 bits per heavy atom. The van der Waals surface area contributed by atoms with Crippen LogP contribution in [-0.2, 0) is 0 Å². The average molecular weight is 340 g/mol. The molecule has 25 heavy (non-hydrogen) atoms. The number of ether oxygens (including phenoxy) is 2. The summed E-state index contributed by atoms with van der Waals surface area (Å²) in [6, 6.07) is 15.8. The van der Waals surface area contributed by atoms with Crippen molar-refractivity contribution < 1.29 is 14.3 Å². The first-order valence-corrected chi connectivity index (χ1v) is 8.53. The third kappa shape index (κ3) is 4.24. The maximum Gasteiger partial charge on any atom is 0.251 e. The Labute approximate surface area is 148 Å². The molecule has 1 N–H and O–H groups in total. The number of nitrogens with one attached hydrogen (secondary N) is 1. The Bertz CT molecular complexity index is 688. The third-order valence-corrected chi connectivity index (χ3v) is 4.57. The number of carbonyl (C=O) groups is 1. The van der Waals surface area contributed by atoms with E-state index < -0.39 is 0 Å². The average Bonchev–Trinajstić information content (AvgIpc) is 2.68. The second-order valence-electron chi connectivity index (χ2n) is 6.17. The van der Waals surface area contributed by atoms with Crippen molar-refractivity contribution in [3.05, 3.63) is 54.1 Å². The van der Waals surface area contributed by atoms with Crippen LogP contribution in [-0.4, -0.2) is 39.3 Å². The maximum atomic E-state index is 12.6. The van der Waals surface area contributed by atoms with Crippen LogP contribution in [0.5, 0.6) is 11.5 Å². The number of nitrogens with zero attached hydrogens (tertiary/aromatic N) is 1. The van der Waals surface area contributed by atoms with Gasteiger partial charge in [-0.25, -0.2) is 0 Å². The number of carbonyl (C=O) groups excluding carboxylic acids is 1. The van der Waals surface area contributed by atoms with E-state index in [4.69, 9.17) is 9.47 Å². The molecule has 2 aromatic rings. The normalized spacial score (nSPS) is 14.9. The smallest absolute Gasteiger partial charge is 0.251 e. The fraction of sp³-hybridized carbons (Fsp3) is 0.350. The summed E-state index contributed by atoms with van der Waals surface area (Å²) in [5, 5.41) is 3.13. The van der Waals surface area contributed by atoms with Crippen LogP contribution in [0.25, 0.3) is 0 Å². The van der Waals surface area contributed by atoms with Gasteiger partial charge >= 0.3 is 0 Å². The number of amides is 1. The second kappa shape index (κ2) is 7.92. The molecule has 0 radical (unpaired) electrons. The molecular weight excluding hydrogens is 316 g/mol. The van der Waals surface area contributed by atoms with E-state index in [-0.39, 0.29) is 11.9 Å². The van der Waals surface area contributed by atoms with Crippen molar-refractivity contribution in [2.45, 2.75) is 18.9 Å². The molecule has 3 rings (SSSR count). The van der Waals surface area contributed by atoms with Gasteiger partial charge in [-0.15, -0.1) is 0 Å². The number of rotatable bonds is 5. The summed E-state index contributed by atoms with van der Waals surface area (Å²) in [5.74, 6) is 1.14. The van der Waals surface area contributed by atoms with E-state index in [9.17, 15) is 4.79 Å². The highest BCUT2D eigenvalue weighted by molar-refractivity contribution is 5.95. The van der Waals surface area contributed by atoms with Crippen LogP contribution in [0, 0.1) is 0 Å². The van der Waals surface area contributed by atoms with Gasteiger partial charge in [-0.05, 0) is 37.1 Å². The molecule has 1 amide bonds. The molecule has 0 atom stereocenters. The molecule has 132 valence electrons. The summed E-state index contributed by atoms with van der Waals surface area (Å²) in [6.45, 7) is 1.88. The Hall–Kier alpha value is -2.69. The molecule has 1 aliphatic heterocycles. The number of hydrogen-bond acceptors (Lipinski definition) is 4. The van der Waals surface area contributed by atoms with Gasteiger partial charge in [-0.3, -0.25) is 4.79 Å². The number of piperidine rings is 1. The summed E-state index contributed by atoms with van der Waals surface area (Å²) in [7, 11) is 3.16. The van der Waals surface area contributed by atoms with Crippen LogP contribution in [0.1, 0.15) is 23.2 Å². The van der Waals surface area contributed by atoms with Crippen LogP contribution in [0.4, 0.5) is 5.69 Å². The summed E-state index contributed by atoms with van der Waals surface area (Å²) in [4.78, 5) is 14.9. The van der Waals surface area contributed by atoms with Crippen LogP contribution in [0.2, 0.25) is 0 Å². The fourth-order valence-corrected chi connectivity index (χ4v) is 3.13. The van der Waals surface area contributed by atoms with Crippen molar-refractivity contribution >= 4 is 11.6 Å². The zero-order valence-corrected chi connectivity index (χ0v) is 14.7. The third-order valence-electron chi connectivity index (χ3n) is 4.57. The van der Waals surface area contributed by atoms with Gasteiger partial charge in [0.2, 0.25) is 0 Å². The van der Waals surface area contributed by atoms with Crippen molar-refractivity contribution in [2.75, 3.05) is 32.2 Å². The molecule has 0 aliphatic carbocycles. The number of methoxy groups -OCH3 is 2. The molecule has 5 heteroatoms. The molecule has 1 fully saturated rings. The minimum atomic E-state index is -0.0876. The van der Waals surface area contributed by atoms with Gasteiger partial charge in [0.05, 0.1) is 14.2 Å². The van der Waals surface area contributed by atoms with Gasteiger partial charge in [0.15, 0.2) is 0 Å².